The van der Waals surface area contributed by atoms with Gasteiger partial charge in [0, 0.05) is 6.04 Å². The highest BCUT2D eigenvalue weighted by Crippen LogP contribution is 2.25. The molecule has 4 nitrogen and oxygen atoms in total. The Bertz CT molecular complexity index is 416. The Balaban J connectivity index is 1.99. The summed E-state index contributed by atoms with van der Waals surface area (Å²) in [6.07, 6.45) is 4.65. The van der Waals surface area contributed by atoms with Gasteiger partial charge in [-0.25, -0.2) is 4.98 Å². The van der Waals surface area contributed by atoms with Crippen molar-refractivity contribution < 1.29 is 4.79 Å². The molecule has 0 bridgehead atoms. The van der Waals surface area contributed by atoms with Gasteiger partial charge in [0.2, 0.25) is 0 Å². The summed E-state index contributed by atoms with van der Waals surface area (Å²) in [6.45, 7) is 4.07. The highest BCUT2D eigenvalue weighted by Gasteiger charge is 2.22. The number of carbonyl (C=O) groups is 1. The first-order valence-corrected chi connectivity index (χ1v) is 6.91. The average Bonchev–Trinajstić information content (AvgIpc) is 2.58. The van der Waals surface area contributed by atoms with Gasteiger partial charge in [-0.1, -0.05) is 31.1 Å². The summed E-state index contributed by atoms with van der Waals surface area (Å²) in [5, 5.41) is 3.56. The van der Waals surface area contributed by atoms with Crippen LogP contribution in [0.1, 0.15) is 48.0 Å². The van der Waals surface area contributed by atoms with E-state index in [4.69, 9.17) is 5.73 Å². The van der Waals surface area contributed by atoms with Gasteiger partial charge in [0.25, 0.3) is 5.91 Å². The van der Waals surface area contributed by atoms with Gasteiger partial charge >= 0.3 is 0 Å². The molecule has 2 atom stereocenters. The number of nitrogens with two attached hydrogens (primary N) is 1. The number of nitrogens with zero attached hydrogens (tertiary/aromatic N) is 1. The molecule has 0 aliphatic heterocycles. The number of anilines is 1. The number of amides is 1. The van der Waals surface area contributed by atoms with Crippen molar-refractivity contribution in [3.8, 4) is 0 Å². The van der Waals surface area contributed by atoms with Crippen LogP contribution in [0.2, 0.25) is 0 Å². The van der Waals surface area contributed by atoms with Crippen LogP contribution in [0.25, 0.3) is 0 Å². The highest BCUT2D eigenvalue weighted by atomic mass is 32.1. The second-order valence-corrected chi connectivity index (χ2v) is 5.94. The van der Waals surface area contributed by atoms with Crippen LogP contribution in [-0.2, 0) is 0 Å². The normalized spacial score (nSPS) is 24.6. The Morgan fingerprint density at radius 1 is 1.53 bits per heavy atom. The van der Waals surface area contributed by atoms with Crippen LogP contribution >= 0.6 is 11.3 Å². The van der Waals surface area contributed by atoms with Crippen LogP contribution in [0.15, 0.2) is 0 Å². The molecule has 1 aromatic heterocycles. The van der Waals surface area contributed by atoms with Gasteiger partial charge in [-0.05, 0) is 25.7 Å². The maximum Gasteiger partial charge on any atom is 0.263 e. The summed E-state index contributed by atoms with van der Waals surface area (Å²) >= 11 is 1.27. The molecule has 1 saturated carbocycles. The standard InChI is InChI=1S/C12H19N3OS/c1-7-4-3-5-9(6-7)15-11(16)10-8(2)14-12(13)17-10/h7,9H,3-6H2,1-2H3,(H2,13,14)(H,15,16). The lowest BCUT2D eigenvalue weighted by Crippen LogP contribution is -2.37. The number of nitrogens with one attached hydrogen (secondary N) is 1. The predicted octanol–water partition coefficient (Wildman–Crippen LogP) is 2.34. The van der Waals surface area contributed by atoms with E-state index in [1.807, 2.05) is 6.92 Å². The second kappa shape index (κ2) is 5.04. The summed E-state index contributed by atoms with van der Waals surface area (Å²) in [5.41, 5.74) is 6.33. The fraction of sp³-hybridized carbons (Fsp3) is 0.667. The van der Waals surface area contributed by atoms with Crippen molar-refractivity contribution in [2.45, 2.75) is 45.6 Å². The Morgan fingerprint density at radius 3 is 2.88 bits per heavy atom. The van der Waals surface area contributed by atoms with E-state index in [0.29, 0.717) is 22.0 Å². The molecule has 1 heterocycles. The molecular weight excluding hydrogens is 234 g/mol. The van der Waals surface area contributed by atoms with E-state index in [9.17, 15) is 4.79 Å². The van der Waals surface area contributed by atoms with Gasteiger partial charge in [0.05, 0.1) is 5.69 Å². The Labute approximate surface area is 106 Å². The van der Waals surface area contributed by atoms with Crippen LogP contribution in [0.4, 0.5) is 5.13 Å². The monoisotopic (exact) mass is 253 g/mol. The molecule has 0 spiro atoms. The molecule has 2 unspecified atom stereocenters. The number of nitrogen functional groups attached to an aromatic ring is 1. The first kappa shape index (κ1) is 12.4. The van der Waals surface area contributed by atoms with Crippen molar-refractivity contribution >= 4 is 22.4 Å². The largest absolute Gasteiger partial charge is 0.375 e. The van der Waals surface area contributed by atoms with E-state index < -0.39 is 0 Å². The summed E-state index contributed by atoms with van der Waals surface area (Å²) in [4.78, 5) is 16.8. The van der Waals surface area contributed by atoms with Gasteiger partial charge < -0.3 is 11.1 Å². The molecule has 1 aliphatic carbocycles. The summed E-state index contributed by atoms with van der Waals surface area (Å²) < 4.78 is 0. The zero-order chi connectivity index (χ0) is 12.4. The third-order valence-electron chi connectivity index (χ3n) is 3.29. The molecule has 1 amide bonds. The second-order valence-electron chi connectivity index (χ2n) is 4.91. The summed E-state index contributed by atoms with van der Waals surface area (Å²) in [7, 11) is 0. The van der Waals surface area contributed by atoms with Crippen LogP contribution in [0.3, 0.4) is 0 Å². The molecule has 3 N–H and O–H groups in total. The minimum Gasteiger partial charge on any atom is -0.375 e. The average molecular weight is 253 g/mol. The van der Waals surface area contributed by atoms with Crippen molar-refractivity contribution in [3.63, 3.8) is 0 Å². The van der Waals surface area contributed by atoms with Gasteiger partial charge in [0.15, 0.2) is 5.13 Å². The Morgan fingerprint density at radius 2 is 2.29 bits per heavy atom. The molecule has 17 heavy (non-hydrogen) atoms. The van der Waals surface area contributed by atoms with Gasteiger partial charge in [-0.15, -0.1) is 0 Å². The number of hydrogen-bond acceptors (Lipinski definition) is 4. The summed E-state index contributed by atoms with van der Waals surface area (Å²) in [6, 6.07) is 0.314. The van der Waals surface area contributed by atoms with E-state index in [0.717, 1.165) is 18.5 Å². The maximum absolute atomic E-state index is 12.1. The van der Waals surface area contributed by atoms with Gasteiger partial charge in [0.1, 0.15) is 4.88 Å². The highest BCUT2D eigenvalue weighted by molar-refractivity contribution is 7.17. The molecule has 1 fully saturated rings. The molecule has 1 aliphatic rings. The van der Waals surface area contributed by atoms with Gasteiger partial charge in [-0.2, -0.15) is 0 Å². The number of thiazole rings is 1. The molecule has 5 heteroatoms. The van der Waals surface area contributed by atoms with Crippen LogP contribution in [0, 0.1) is 12.8 Å². The SMILES string of the molecule is Cc1nc(N)sc1C(=O)NC1CCCC(C)C1. The molecule has 0 saturated heterocycles. The van der Waals surface area contributed by atoms with E-state index in [2.05, 4.69) is 17.2 Å². The lowest BCUT2D eigenvalue weighted by molar-refractivity contribution is 0.0924. The number of rotatable bonds is 2. The first-order chi connectivity index (χ1) is 8.06. The summed E-state index contributed by atoms with van der Waals surface area (Å²) in [5.74, 6) is 0.692. The van der Waals surface area contributed by atoms with Crippen molar-refractivity contribution in [1.29, 1.82) is 0 Å². The van der Waals surface area contributed by atoms with E-state index in [1.165, 1.54) is 24.2 Å². The third-order valence-corrected chi connectivity index (χ3v) is 4.28. The molecule has 0 aromatic carbocycles. The zero-order valence-corrected chi connectivity index (χ0v) is 11.1. The third kappa shape index (κ3) is 2.97. The van der Waals surface area contributed by atoms with Gasteiger partial charge in [-0.3, -0.25) is 4.79 Å². The Hall–Kier alpha value is -1.10. The van der Waals surface area contributed by atoms with Crippen LogP contribution < -0.4 is 11.1 Å². The van der Waals surface area contributed by atoms with E-state index in [-0.39, 0.29) is 5.91 Å². The maximum atomic E-state index is 12.1. The molecule has 1 aromatic rings. The fourth-order valence-corrected chi connectivity index (χ4v) is 3.18. The smallest absolute Gasteiger partial charge is 0.263 e. The molecule has 0 radical (unpaired) electrons. The quantitative estimate of drug-likeness (QED) is 0.850. The minimum absolute atomic E-state index is 0.0178. The van der Waals surface area contributed by atoms with Crippen molar-refractivity contribution in [3.05, 3.63) is 10.6 Å². The van der Waals surface area contributed by atoms with Crippen LogP contribution in [0.5, 0.6) is 0 Å². The first-order valence-electron chi connectivity index (χ1n) is 6.10. The lowest BCUT2D eigenvalue weighted by atomic mass is 9.87. The molecular formula is C12H19N3OS. The van der Waals surface area contributed by atoms with Crippen molar-refractivity contribution in [1.82, 2.24) is 10.3 Å². The minimum atomic E-state index is -0.0178. The Kier molecular flexibility index (Phi) is 3.66. The van der Waals surface area contributed by atoms with E-state index >= 15 is 0 Å². The predicted molar refractivity (Wildman–Crippen MR) is 70.1 cm³/mol. The topological polar surface area (TPSA) is 68.0 Å². The van der Waals surface area contributed by atoms with Crippen molar-refractivity contribution in [2.75, 3.05) is 5.73 Å². The fourth-order valence-electron chi connectivity index (χ4n) is 2.44. The number of carbonyl (C=O) groups excluding carboxylic acids is 1. The number of aryl methyl sites for hydroxylation is 1. The number of aromatic nitrogens is 1. The zero-order valence-electron chi connectivity index (χ0n) is 10.3. The lowest BCUT2D eigenvalue weighted by Gasteiger charge is -2.27. The molecule has 94 valence electrons. The van der Waals surface area contributed by atoms with E-state index in [1.54, 1.807) is 0 Å². The van der Waals surface area contributed by atoms with Crippen molar-refractivity contribution in [2.24, 2.45) is 5.92 Å². The van der Waals surface area contributed by atoms with Crippen LogP contribution in [-0.4, -0.2) is 16.9 Å². The molecule has 2 rings (SSSR count). The number of hydrogen-bond donors (Lipinski definition) is 2.